The monoisotopic (exact) mass is 370 g/mol. The van der Waals surface area contributed by atoms with E-state index in [9.17, 15) is 9.59 Å². The van der Waals surface area contributed by atoms with Gasteiger partial charge in [-0.15, -0.1) is 12.4 Å². The van der Waals surface area contributed by atoms with Crippen LogP contribution in [-0.2, 0) is 9.53 Å². The van der Waals surface area contributed by atoms with Gasteiger partial charge in [-0.25, -0.2) is 4.79 Å². The Hall–Kier alpha value is -1.59. The van der Waals surface area contributed by atoms with Gasteiger partial charge >= 0.3 is 5.97 Å². The van der Waals surface area contributed by atoms with Gasteiger partial charge in [-0.05, 0) is 43.8 Å². The van der Waals surface area contributed by atoms with Gasteiger partial charge in [0.25, 0.3) is 0 Å². The van der Waals surface area contributed by atoms with E-state index in [0.717, 1.165) is 38.9 Å². The van der Waals surface area contributed by atoms with E-state index in [4.69, 9.17) is 4.74 Å². The third-order valence-corrected chi connectivity index (χ3v) is 3.93. The summed E-state index contributed by atoms with van der Waals surface area (Å²) in [6.07, 6.45) is 3.51. The summed E-state index contributed by atoms with van der Waals surface area (Å²) in [7, 11) is 0. The van der Waals surface area contributed by atoms with E-state index >= 15 is 0 Å². The first-order valence-corrected chi connectivity index (χ1v) is 8.90. The minimum absolute atomic E-state index is 0. The summed E-state index contributed by atoms with van der Waals surface area (Å²) in [6.45, 7) is 9.37. The Morgan fingerprint density at radius 1 is 1.04 bits per heavy atom. The summed E-state index contributed by atoms with van der Waals surface area (Å²) < 4.78 is 5.21. The van der Waals surface area contributed by atoms with E-state index in [2.05, 4.69) is 31.0 Å². The molecule has 5 nitrogen and oxygen atoms in total. The molecule has 1 aromatic rings. The fraction of sp³-hybridized carbons (Fsp3) is 0.579. The van der Waals surface area contributed by atoms with Crippen molar-refractivity contribution in [2.24, 2.45) is 0 Å². The number of benzene rings is 1. The number of esters is 1. The topological polar surface area (TPSA) is 58.6 Å². The van der Waals surface area contributed by atoms with E-state index in [1.807, 2.05) is 0 Å². The van der Waals surface area contributed by atoms with E-state index < -0.39 is 0 Å². The molecule has 0 unspecified atom stereocenters. The number of anilines is 1. The Bertz CT molecular complexity index is 502. The molecule has 0 atom stereocenters. The highest BCUT2D eigenvalue weighted by Crippen LogP contribution is 2.11. The number of hydrogen-bond donors (Lipinski definition) is 1. The molecule has 0 radical (unpaired) electrons. The van der Waals surface area contributed by atoms with Crippen molar-refractivity contribution in [3.63, 3.8) is 0 Å². The Kier molecular flexibility index (Phi) is 12.8. The van der Waals surface area contributed by atoms with Crippen LogP contribution in [0.5, 0.6) is 0 Å². The lowest BCUT2D eigenvalue weighted by atomic mass is 10.2. The molecule has 0 fully saturated rings. The van der Waals surface area contributed by atoms with Crippen LogP contribution in [0.2, 0.25) is 0 Å². The average molecular weight is 371 g/mol. The number of ether oxygens (including phenoxy) is 1. The van der Waals surface area contributed by atoms with Crippen molar-refractivity contribution < 1.29 is 14.3 Å². The van der Waals surface area contributed by atoms with Gasteiger partial charge in [-0.3, -0.25) is 4.79 Å². The smallest absolute Gasteiger partial charge is 0.338 e. The molecule has 1 amide bonds. The molecule has 0 aliphatic rings. The quantitative estimate of drug-likeness (QED) is 0.470. The molecule has 0 saturated heterocycles. The summed E-state index contributed by atoms with van der Waals surface area (Å²) in [5.41, 5.74) is 1.20. The van der Waals surface area contributed by atoms with Crippen LogP contribution in [0.3, 0.4) is 0 Å². The zero-order valence-electron chi connectivity index (χ0n) is 15.5. The lowest BCUT2D eigenvalue weighted by molar-refractivity contribution is -0.116. The Morgan fingerprint density at radius 2 is 1.68 bits per heavy atom. The van der Waals surface area contributed by atoms with Crippen LogP contribution in [0.4, 0.5) is 5.69 Å². The third-order valence-electron chi connectivity index (χ3n) is 3.93. The summed E-state index contributed by atoms with van der Waals surface area (Å²) in [5.74, 6) is -0.331. The van der Waals surface area contributed by atoms with E-state index in [1.54, 1.807) is 24.3 Å². The van der Waals surface area contributed by atoms with Crippen LogP contribution in [0, 0.1) is 0 Å². The van der Waals surface area contributed by atoms with Crippen molar-refractivity contribution >= 4 is 30.0 Å². The van der Waals surface area contributed by atoms with Crippen LogP contribution >= 0.6 is 12.4 Å². The maximum absolute atomic E-state index is 11.9. The highest BCUT2D eigenvalue weighted by atomic mass is 35.5. The molecule has 0 aliphatic carbocycles. The predicted octanol–water partition coefficient (Wildman–Crippen LogP) is 4.13. The molecule has 1 aromatic carbocycles. The van der Waals surface area contributed by atoms with E-state index in [1.165, 1.54) is 0 Å². The Morgan fingerprint density at radius 3 is 2.24 bits per heavy atom. The molecule has 142 valence electrons. The lowest BCUT2D eigenvalue weighted by Crippen LogP contribution is -2.27. The van der Waals surface area contributed by atoms with Crippen molar-refractivity contribution in [1.29, 1.82) is 0 Å². The highest BCUT2D eigenvalue weighted by molar-refractivity contribution is 5.93. The summed E-state index contributed by atoms with van der Waals surface area (Å²) in [4.78, 5) is 26.0. The molecule has 0 spiro atoms. The van der Waals surface area contributed by atoms with Crippen LogP contribution in [0.25, 0.3) is 0 Å². The van der Waals surface area contributed by atoms with Crippen LogP contribution in [-0.4, -0.2) is 43.0 Å². The van der Waals surface area contributed by atoms with Gasteiger partial charge in [0.15, 0.2) is 0 Å². The first kappa shape index (κ1) is 23.4. The van der Waals surface area contributed by atoms with Gasteiger partial charge in [0.2, 0.25) is 5.91 Å². The molecule has 0 saturated carbocycles. The maximum Gasteiger partial charge on any atom is 0.338 e. The number of carbonyl (C=O) groups is 2. The molecule has 0 heterocycles. The molecule has 6 heteroatoms. The molecule has 25 heavy (non-hydrogen) atoms. The Labute approximate surface area is 157 Å². The predicted molar refractivity (Wildman–Crippen MR) is 105 cm³/mol. The number of carbonyl (C=O) groups excluding carboxylic acids is 2. The van der Waals surface area contributed by atoms with Gasteiger partial charge in [0, 0.05) is 18.7 Å². The lowest BCUT2D eigenvalue weighted by Gasteiger charge is -2.17. The number of nitrogens with zero attached hydrogens (tertiary/aromatic N) is 1. The fourth-order valence-corrected chi connectivity index (χ4v) is 2.31. The number of amides is 1. The summed E-state index contributed by atoms with van der Waals surface area (Å²) in [6, 6.07) is 6.83. The minimum Gasteiger partial charge on any atom is -0.462 e. The second-order valence-electron chi connectivity index (χ2n) is 5.75. The van der Waals surface area contributed by atoms with E-state index in [0.29, 0.717) is 24.3 Å². The molecular weight excluding hydrogens is 340 g/mol. The first-order chi connectivity index (χ1) is 11.6. The number of nitrogens with one attached hydrogen (secondary N) is 1. The van der Waals surface area contributed by atoms with Crippen LogP contribution < -0.4 is 5.32 Å². The number of hydrogen-bond acceptors (Lipinski definition) is 4. The van der Waals surface area contributed by atoms with Crippen molar-refractivity contribution in [3.8, 4) is 0 Å². The number of rotatable bonds is 11. The van der Waals surface area contributed by atoms with Gasteiger partial charge in [0.05, 0.1) is 12.2 Å². The van der Waals surface area contributed by atoms with Gasteiger partial charge in [0.1, 0.15) is 0 Å². The highest BCUT2D eigenvalue weighted by Gasteiger charge is 2.09. The Balaban J connectivity index is 0.00000576. The van der Waals surface area contributed by atoms with Crippen molar-refractivity contribution in [2.75, 3.05) is 31.6 Å². The normalized spacial score (nSPS) is 10.2. The minimum atomic E-state index is -0.314. The van der Waals surface area contributed by atoms with Gasteiger partial charge in [-0.2, -0.15) is 0 Å². The van der Waals surface area contributed by atoms with Crippen molar-refractivity contribution in [2.45, 2.75) is 46.5 Å². The summed E-state index contributed by atoms with van der Waals surface area (Å²) in [5, 5.41) is 2.85. The second-order valence-corrected chi connectivity index (χ2v) is 5.75. The van der Waals surface area contributed by atoms with Crippen LogP contribution in [0.15, 0.2) is 24.3 Å². The molecule has 1 N–H and O–H groups in total. The molecule has 0 aromatic heterocycles. The third kappa shape index (κ3) is 9.46. The fourth-order valence-electron chi connectivity index (χ4n) is 2.31. The van der Waals surface area contributed by atoms with Crippen molar-refractivity contribution in [1.82, 2.24) is 4.90 Å². The molecular formula is C19H31ClN2O3. The van der Waals surface area contributed by atoms with Gasteiger partial charge in [-0.1, -0.05) is 33.6 Å². The molecule has 0 bridgehead atoms. The second kappa shape index (κ2) is 13.7. The number of unbranched alkanes of at least 4 members (excludes halogenated alkanes) is 2. The SMILES string of the molecule is CCCCCOC(=O)c1ccc(NC(=O)CCN(CC)CC)cc1.Cl. The summed E-state index contributed by atoms with van der Waals surface area (Å²) >= 11 is 0. The zero-order chi connectivity index (χ0) is 17.8. The zero-order valence-corrected chi connectivity index (χ0v) is 16.4. The first-order valence-electron chi connectivity index (χ1n) is 8.90. The maximum atomic E-state index is 11.9. The molecule has 0 aliphatic heterocycles. The van der Waals surface area contributed by atoms with Gasteiger partial charge < -0.3 is 15.0 Å². The van der Waals surface area contributed by atoms with Crippen LogP contribution in [0.1, 0.15) is 56.8 Å². The van der Waals surface area contributed by atoms with Crippen molar-refractivity contribution in [3.05, 3.63) is 29.8 Å². The van der Waals surface area contributed by atoms with E-state index in [-0.39, 0.29) is 24.3 Å². The number of halogens is 1. The standard InChI is InChI=1S/C19H30N2O3.ClH/c1-4-7-8-15-24-19(23)16-9-11-17(12-10-16)20-18(22)13-14-21(5-2)6-3;/h9-12H,4-8,13-15H2,1-3H3,(H,20,22);1H. The average Bonchev–Trinajstić information content (AvgIpc) is 2.60. The molecule has 1 rings (SSSR count). The largest absolute Gasteiger partial charge is 0.462 e.